The van der Waals surface area contributed by atoms with Crippen LogP contribution in [-0.4, -0.2) is 14.4 Å². The van der Waals surface area contributed by atoms with Crippen molar-refractivity contribution in [3.05, 3.63) is 72.7 Å². The van der Waals surface area contributed by atoms with Crippen LogP contribution in [0, 0.1) is 0 Å². The molecule has 102 valence electrons. The Labute approximate surface area is 121 Å². The summed E-state index contributed by atoms with van der Waals surface area (Å²) >= 11 is 0. The Morgan fingerprint density at radius 3 is 2.67 bits per heavy atom. The van der Waals surface area contributed by atoms with Gasteiger partial charge in [0.1, 0.15) is 18.1 Å². The lowest BCUT2D eigenvalue weighted by atomic mass is 10.3. The summed E-state index contributed by atoms with van der Waals surface area (Å²) in [5.41, 5.74) is 3.66. The van der Waals surface area contributed by atoms with Crippen LogP contribution in [-0.2, 0) is 6.61 Å². The topological polar surface area (TPSA) is 39.4 Å². The number of benzene rings is 2. The minimum absolute atomic E-state index is 0.398. The molecule has 0 fully saturated rings. The minimum Gasteiger partial charge on any atom is -0.487 e. The second kappa shape index (κ2) is 4.90. The van der Waals surface area contributed by atoms with Gasteiger partial charge in [0.15, 0.2) is 5.65 Å². The first-order valence-corrected chi connectivity index (χ1v) is 6.80. The van der Waals surface area contributed by atoms with Crippen LogP contribution < -0.4 is 4.74 Å². The molecule has 0 aliphatic heterocycles. The van der Waals surface area contributed by atoms with Crippen molar-refractivity contribution < 1.29 is 4.74 Å². The van der Waals surface area contributed by atoms with Gasteiger partial charge in [-0.3, -0.25) is 4.40 Å². The predicted molar refractivity (Wildman–Crippen MR) is 81.3 cm³/mol. The molecular weight excluding hydrogens is 262 g/mol. The second-order valence-electron chi connectivity index (χ2n) is 4.77. The first kappa shape index (κ1) is 11.9. The first-order valence-electron chi connectivity index (χ1n) is 6.80. The van der Waals surface area contributed by atoms with E-state index in [1.807, 2.05) is 65.2 Å². The summed E-state index contributed by atoms with van der Waals surface area (Å²) in [6.07, 6.45) is 3.74. The van der Waals surface area contributed by atoms with Crippen molar-refractivity contribution in [2.24, 2.45) is 0 Å². The zero-order chi connectivity index (χ0) is 14.1. The summed E-state index contributed by atoms with van der Waals surface area (Å²) in [5.74, 6) is 0.831. The summed E-state index contributed by atoms with van der Waals surface area (Å²) in [7, 11) is 0. The maximum absolute atomic E-state index is 5.80. The number of ether oxygens (including phenoxy) is 1. The van der Waals surface area contributed by atoms with Crippen molar-refractivity contribution >= 4 is 16.7 Å². The highest BCUT2D eigenvalue weighted by atomic mass is 16.5. The van der Waals surface area contributed by atoms with E-state index < -0.39 is 0 Å². The smallest absolute Gasteiger partial charge is 0.162 e. The molecule has 2 heterocycles. The van der Waals surface area contributed by atoms with Crippen LogP contribution in [0.25, 0.3) is 16.7 Å². The maximum Gasteiger partial charge on any atom is 0.162 e. The number of hydrogen-bond acceptors (Lipinski definition) is 3. The number of imidazole rings is 1. The molecule has 0 N–H and O–H groups in total. The summed E-state index contributed by atoms with van der Waals surface area (Å²) in [6, 6.07) is 17.8. The molecule has 0 atom stereocenters. The molecule has 0 bridgehead atoms. The summed E-state index contributed by atoms with van der Waals surface area (Å²) in [4.78, 5) is 9.08. The lowest BCUT2D eigenvalue weighted by molar-refractivity contribution is 0.302. The first-order chi connectivity index (χ1) is 10.4. The van der Waals surface area contributed by atoms with Crippen LogP contribution in [0.1, 0.15) is 5.69 Å². The maximum atomic E-state index is 5.80. The van der Waals surface area contributed by atoms with Crippen LogP contribution in [0.2, 0.25) is 0 Å². The number of rotatable bonds is 3. The Morgan fingerprint density at radius 2 is 1.76 bits per heavy atom. The van der Waals surface area contributed by atoms with Gasteiger partial charge in [-0.15, -0.1) is 0 Å². The Morgan fingerprint density at radius 1 is 0.952 bits per heavy atom. The Bertz CT molecular complexity index is 900. The molecule has 0 aliphatic carbocycles. The average Bonchev–Trinajstić information content (AvgIpc) is 3.04. The third-order valence-corrected chi connectivity index (χ3v) is 3.41. The van der Waals surface area contributed by atoms with Gasteiger partial charge in [0.05, 0.1) is 11.0 Å². The molecule has 4 rings (SSSR count). The monoisotopic (exact) mass is 275 g/mol. The molecule has 0 saturated carbocycles. The van der Waals surface area contributed by atoms with Gasteiger partial charge in [-0.25, -0.2) is 9.97 Å². The minimum atomic E-state index is 0.398. The van der Waals surface area contributed by atoms with Crippen molar-refractivity contribution in [3.63, 3.8) is 0 Å². The molecule has 4 aromatic rings. The molecule has 4 nitrogen and oxygen atoms in total. The number of aromatic nitrogens is 3. The third kappa shape index (κ3) is 2.10. The van der Waals surface area contributed by atoms with E-state index in [0.29, 0.717) is 6.61 Å². The van der Waals surface area contributed by atoms with Crippen molar-refractivity contribution in [1.82, 2.24) is 14.4 Å². The van der Waals surface area contributed by atoms with Crippen molar-refractivity contribution in [2.75, 3.05) is 0 Å². The van der Waals surface area contributed by atoms with E-state index in [4.69, 9.17) is 4.74 Å². The van der Waals surface area contributed by atoms with Crippen LogP contribution in [0.3, 0.4) is 0 Å². The van der Waals surface area contributed by atoms with Gasteiger partial charge >= 0.3 is 0 Å². The normalized spacial score (nSPS) is 11.0. The van der Waals surface area contributed by atoms with Gasteiger partial charge in [-0.2, -0.15) is 0 Å². The Kier molecular flexibility index (Phi) is 2.78. The highest BCUT2D eigenvalue weighted by Gasteiger charge is 2.09. The predicted octanol–water partition coefficient (Wildman–Crippen LogP) is 3.46. The van der Waals surface area contributed by atoms with Gasteiger partial charge in [-0.05, 0) is 24.3 Å². The van der Waals surface area contributed by atoms with E-state index in [0.717, 1.165) is 28.1 Å². The largest absolute Gasteiger partial charge is 0.487 e. The number of hydrogen-bond donors (Lipinski definition) is 0. The molecule has 0 amide bonds. The van der Waals surface area contributed by atoms with E-state index in [-0.39, 0.29) is 0 Å². The van der Waals surface area contributed by atoms with Crippen LogP contribution in [0.15, 0.2) is 67.0 Å². The fraction of sp³-hybridized carbons (Fsp3) is 0.0588. The zero-order valence-electron chi connectivity index (χ0n) is 11.3. The van der Waals surface area contributed by atoms with Crippen molar-refractivity contribution in [1.29, 1.82) is 0 Å². The van der Waals surface area contributed by atoms with Gasteiger partial charge in [0.25, 0.3) is 0 Å². The molecule has 0 aliphatic rings. The third-order valence-electron chi connectivity index (χ3n) is 3.41. The SMILES string of the molecule is c1ccc(OCc2nc3ccccc3n3ccnc23)cc1. The van der Waals surface area contributed by atoms with E-state index >= 15 is 0 Å². The van der Waals surface area contributed by atoms with Gasteiger partial charge in [0.2, 0.25) is 0 Å². The highest BCUT2D eigenvalue weighted by Crippen LogP contribution is 2.18. The van der Waals surface area contributed by atoms with Crippen LogP contribution in [0.5, 0.6) is 5.75 Å². The van der Waals surface area contributed by atoms with E-state index in [9.17, 15) is 0 Å². The molecule has 0 spiro atoms. The summed E-state index contributed by atoms with van der Waals surface area (Å²) < 4.78 is 7.85. The number of fused-ring (bicyclic) bond motifs is 3. The number of nitrogens with zero attached hydrogens (tertiary/aromatic N) is 3. The molecule has 4 heteroatoms. The lowest BCUT2D eigenvalue weighted by Gasteiger charge is -2.09. The zero-order valence-corrected chi connectivity index (χ0v) is 11.3. The van der Waals surface area contributed by atoms with E-state index in [1.54, 1.807) is 6.20 Å². The molecule has 0 saturated heterocycles. The lowest BCUT2D eigenvalue weighted by Crippen LogP contribution is -2.03. The molecule has 21 heavy (non-hydrogen) atoms. The molecule has 0 radical (unpaired) electrons. The fourth-order valence-corrected chi connectivity index (χ4v) is 2.43. The van der Waals surface area contributed by atoms with Gasteiger partial charge in [-0.1, -0.05) is 30.3 Å². The molecule has 2 aromatic carbocycles. The van der Waals surface area contributed by atoms with Crippen LogP contribution >= 0.6 is 0 Å². The molecule has 2 aromatic heterocycles. The molecule has 0 unspecified atom stereocenters. The Balaban J connectivity index is 1.78. The standard InChI is InChI=1S/C17H13N3O/c1-2-6-13(7-3-1)21-12-15-17-18-10-11-20(17)16-9-5-4-8-14(16)19-15/h1-11H,12H2. The second-order valence-corrected chi connectivity index (χ2v) is 4.77. The number of para-hydroxylation sites is 3. The quantitative estimate of drug-likeness (QED) is 0.575. The summed E-state index contributed by atoms with van der Waals surface area (Å²) in [6.45, 7) is 0.398. The van der Waals surface area contributed by atoms with E-state index in [2.05, 4.69) is 9.97 Å². The fourth-order valence-electron chi connectivity index (χ4n) is 2.43. The Hall–Kier alpha value is -2.88. The van der Waals surface area contributed by atoms with Crippen molar-refractivity contribution in [2.45, 2.75) is 6.61 Å². The highest BCUT2D eigenvalue weighted by molar-refractivity contribution is 5.78. The van der Waals surface area contributed by atoms with Gasteiger partial charge in [0, 0.05) is 12.4 Å². The van der Waals surface area contributed by atoms with Gasteiger partial charge < -0.3 is 4.74 Å². The summed E-state index contributed by atoms with van der Waals surface area (Å²) in [5, 5.41) is 0. The van der Waals surface area contributed by atoms with Crippen LogP contribution in [0.4, 0.5) is 0 Å². The van der Waals surface area contributed by atoms with E-state index in [1.165, 1.54) is 0 Å². The average molecular weight is 275 g/mol. The van der Waals surface area contributed by atoms with Crippen molar-refractivity contribution in [3.8, 4) is 5.75 Å². The molecular formula is C17H13N3O.